The van der Waals surface area contributed by atoms with Gasteiger partial charge in [-0.25, -0.2) is 4.79 Å². The molecule has 0 saturated heterocycles. The van der Waals surface area contributed by atoms with E-state index in [0.29, 0.717) is 5.69 Å². The van der Waals surface area contributed by atoms with E-state index in [0.717, 1.165) is 11.1 Å². The predicted octanol–water partition coefficient (Wildman–Crippen LogP) is 1.84. The van der Waals surface area contributed by atoms with Gasteiger partial charge in [0.2, 0.25) is 0 Å². The molecule has 0 aliphatic rings. The molecule has 6 nitrogen and oxygen atoms in total. The van der Waals surface area contributed by atoms with E-state index in [2.05, 4.69) is 15.2 Å². The number of carbonyl (C=O) groups is 2. The molecule has 2 rings (SSSR count). The molecule has 1 N–H and O–H groups in total. The van der Waals surface area contributed by atoms with E-state index < -0.39 is 11.9 Å². The molecule has 1 amide bonds. The zero-order valence-electron chi connectivity index (χ0n) is 10.3. The molecule has 0 radical (unpaired) electrons. The topological polar surface area (TPSA) is 81.4 Å². The summed E-state index contributed by atoms with van der Waals surface area (Å²) in [5.74, 6) is -1.69. The Balaban J connectivity index is 2.03. The quantitative estimate of drug-likeness (QED) is 0.672. The third-order valence-corrected chi connectivity index (χ3v) is 2.37. The Bertz CT molecular complexity index is 561. The summed E-state index contributed by atoms with van der Waals surface area (Å²) in [4.78, 5) is 22.6. The van der Waals surface area contributed by atoms with Crippen LogP contribution in [0.3, 0.4) is 0 Å². The summed E-state index contributed by atoms with van der Waals surface area (Å²) in [6.45, 7) is 1.80. The maximum absolute atomic E-state index is 11.4. The summed E-state index contributed by atoms with van der Waals surface area (Å²) in [6.07, 6.45) is 3.11. The maximum Gasteiger partial charge on any atom is 0.397 e. The molecule has 19 heavy (non-hydrogen) atoms. The highest BCUT2D eigenvalue weighted by Gasteiger charge is 2.14. The number of amides is 1. The van der Waals surface area contributed by atoms with Gasteiger partial charge in [-0.1, -0.05) is 17.3 Å². The van der Waals surface area contributed by atoms with E-state index in [1.807, 2.05) is 0 Å². The smallest absolute Gasteiger partial charge is 0.397 e. The molecule has 0 fully saturated rings. The first kappa shape index (κ1) is 12.8. The van der Waals surface area contributed by atoms with Gasteiger partial charge in [-0.15, -0.1) is 0 Å². The van der Waals surface area contributed by atoms with Crippen LogP contribution in [0, 0.1) is 0 Å². The Hall–Kier alpha value is -2.63. The second kappa shape index (κ2) is 5.81. The average Bonchev–Trinajstić information content (AvgIpc) is 2.94. The summed E-state index contributed by atoms with van der Waals surface area (Å²) < 4.78 is 9.33. The standard InChI is InChI=1S/C13H12N2O4/c1-2-18-13(17)12(16)15-11-5-3-9(4-6-11)10-7-14-19-8-10/h3-8H,2H2,1H3,(H,15,16). The average molecular weight is 260 g/mol. The number of hydrogen-bond donors (Lipinski definition) is 1. The van der Waals surface area contributed by atoms with Crippen molar-refractivity contribution < 1.29 is 18.8 Å². The molecule has 0 spiro atoms. The number of nitrogens with one attached hydrogen (secondary N) is 1. The van der Waals surface area contributed by atoms with Crippen molar-refractivity contribution in [2.24, 2.45) is 0 Å². The molecule has 1 heterocycles. The summed E-state index contributed by atoms with van der Waals surface area (Å²) in [6, 6.07) is 6.93. The number of carbonyl (C=O) groups excluding carboxylic acids is 2. The molecule has 1 aromatic carbocycles. The zero-order valence-corrected chi connectivity index (χ0v) is 10.3. The van der Waals surface area contributed by atoms with E-state index in [1.165, 1.54) is 6.26 Å². The number of nitrogens with zero attached hydrogens (tertiary/aromatic N) is 1. The first-order chi connectivity index (χ1) is 9.20. The second-order valence-electron chi connectivity index (χ2n) is 3.67. The van der Waals surface area contributed by atoms with Crippen molar-refractivity contribution in [1.29, 1.82) is 0 Å². The zero-order chi connectivity index (χ0) is 13.7. The maximum atomic E-state index is 11.4. The minimum atomic E-state index is -0.898. The van der Waals surface area contributed by atoms with Gasteiger partial charge in [-0.3, -0.25) is 4.79 Å². The largest absolute Gasteiger partial charge is 0.459 e. The van der Waals surface area contributed by atoms with Crippen molar-refractivity contribution in [1.82, 2.24) is 5.16 Å². The van der Waals surface area contributed by atoms with Crippen LogP contribution in [-0.4, -0.2) is 23.6 Å². The fourth-order valence-corrected chi connectivity index (χ4v) is 1.47. The highest BCUT2D eigenvalue weighted by molar-refractivity contribution is 6.37. The lowest BCUT2D eigenvalue weighted by atomic mass is 10.1. The second-order valence-corrected chi connectivity index (χ2v) is 3.67. The summed E-state index contributed by atoms with van der Waals surface area (Å²) in [5.41, 5.74) is 2.25. The van der Waals surface area contributed by atoms with E-state index in [4.69, 9.17) is 4.52 Å². The third kappa shape index (κ3) is 3.19. The highest BCUT2D eigenvalue weighted by atomic mass is 16.5. The molecule has 98 valence electrons. The van der Waals surface area contributed by atoms with E-state index in [9.17, 15) is 9.59 Å². The van der Waals surface area contributed by atoms with Gasteiger partial charge in [0.15, 0.2) is 0 Å². The van der Waals surface area contributed by atoms with Crippen LogP contribution in [0.2, 0.25) is 0 Å². The van der Waals surface area contributed by atoms with Crippen molar-refractivity contribution in [2.45, 2.75) is 6.92 Å². The summed E-state index contributed by atoms with van der Waals surface area (Å²) in [7, 11) is 0. The van der Waals surface area contributed by atoms with Crippen LogP contribution >= 0.6 is 0 Å². The van der Waals surface area contributed by atoms with Gasteiger partial charge < -0.3 is 14.6 Å². The van der Waals surface area contributed by atoms with Crippen LogP contribution in [-0.2, 0) is 14.3 Å². The minimum Gasteiger partial charge on any atom is -0.459 e. The van der Waals surface area contributed by atoms with Gasteiger partial charge in [-0.2, -0.15) is 0 Å². The lowest BCUT2D eigenvalue weighted by Gasteiger charge is -2.05. The van der Waals surface area contributed by atoms with Gasteiger partial charge >= 0.3 is 11.9 Å². The van der Waals surface area contributed by atoms with Gasteiger partial charge in [-0.05, 0) is 24.6 Å². The Labute approximate surface area is 109 Å². The Morgan fingerprint density at radius 2 is 2.00 bits per heavy atom. The van der Waals surface area contributed by atoms with Crippen molar-refractivity contribution in [2.75, 3.05) is 11.9 Å². The molecule has 0 saturated carbocycles. The molecule has 0 aliphatic carbocycles. The lowest BCUT2D eigenvalue weighted by molar-refractivity contribution is -0.152. The molecule has 2 aromatic rings. The lowest BCUT2D eigenvalue weighted by Crippen LogP contribution is -2.24. The molecule has 1 aromatic heterocycles. The van der Waals surface area contributed by atoms with E-state index >= 15 is 0 Å². The fourth-order valence-electron chi connectivity index (χ4n) is 1.47. The molecule has 0 unspecified atom stereocenters. The Morgan fingerprint density at radius 3 is 2.58 bits per heavy atom. The molecule has 6 heteroatoms. The van der Waals surface area contributed by atoms with Crippen molar-refractivity contribution in [3.8, 4) is 11.1 Å². The SMILES string of the molecule is CCOC(=O)C(=O)Nc1ccc(-c2cnoc2)cc1. The fraction of sp³-hybridized carbons (Fsp3) is 0.154. The Morgan fingerprint density at radius 1 is 1.26 bits per heavy atom. The molecule has 0 aliphatic heterocycles. The molecule has 0 bridgehead atoms. The van der Waals surface area contributed by atoms with Crippen LogP contribution in [0.5, 0.6) is 0 Å². The van der Waals surface area contributed by atoms with Crippen LogP contribution in [0.15, 0.2) is 41.2 Å². The Kier molecular flexibility index (Phi) is 3.92. The first-order valence-electron chi connectivity index (χ1n) is 5.68. The monoisotopic (exact) mass is 260 g/mol. The van der Waals surface area contributed by atoms with E-state index in [1.54, 1.807) is 37.4 Å². The van der Waals surface area contributed by atoms with Crippen molar-refractivity contribution in [3.63, 3.8) is 0 Å². The first-order valence-corrected chi connectivity index (χ1v) is 5.68. The number of hydrogen-bond acceptors (Lipinski definition) is 5. The summed E-state index contributed by atoms with van der Waals surface area (Å²) >= 11 is 0. The number of aromatic nitrogens is 1. The van der Waals surface area contributed by atoms with Crippen LogP contribution in [0.1, 0.15) is 6.92 Å². The molecule has 0 atom stereocenters. The predicted molar refractivity (Wildman–Crippen MR) is 67.2 cm³/mol. The van der Waals surface area contributed by atoms with Crippen LogP contribution in [0.4, 0.5) is 5.69 Å². The summed E-state index contributed by atoms with van der Waals surface area (Å²) in [5, 5.41) is 6.05. The van der Waals surface area contributed by atoms with Crippen molar-refractivity contribution in [3.05, 3.63) is 36.7 Å². The van der Waals surface area contributed by atoms with Gasteiger partial charge in [0.25, 0.3) is 0 Å². The third-order valence-electron chi connectivity index (χ3n) is 2.37. The van der Waals surface area contributed by atoms with Gasteiger partial charge in [0.1, 0.15) is 6.26 Å². The number of rotatable bonds is 3. The normalized spacial score (nSPS) is 9.95. The van der Waals surface area contributed by atoms with Crippen LogP contribution in [0.25, 0.3) is 11.1 Å². The number of ether oxygens (including phenoxy) is 1. The number of esters is 1. The van der Waals surface area contributed by atoms with Gasteiger partial charge in [0.05, 0.1) is 12.8 Å². The van der Waals surface area contributed by atoms with E-state index in [-0.39, 0.29) is 6.61 Å². The van der Waals surface area contributed by atoms with Crippen LogP contribution < -0.4 is 5.32 Å². The minimum absolute atomic E-state index is 0.165. The highest BCUT2D eigenvalue weighted by Crippen LogP contribution is 2.20. The molecular formula is C13H12N2O4. The number of anilines is 1. The molecular weight excluding hydrogens is 248 g/mol. The van der Waals surface area contributed by atoms with Gasteiger partial charge in [0, 0.05) is 11.3 Å². The van der Waals surface area contributed by atoms with Crippen molar-refractivity contribution >= 4 is 17.6 Å². The number of benzene rings is 1.